The number of allylic oxidation sites excluding steroid dienone is 3. The van der Waals surface area contributed by atoms with Crippen LogP contribution in [0.1, 0.15) is 73.1 Å². The highest BCUT2D eigenvalue weighted by Gasteiger charge is 2.91. The van der Waals surface area contributed by atoms with Crippen LogP contribution in [-0.4, -0.2) is 87.3 Å². The van der Waals surface area contributed by atoms with Gasteiger partial charge in [0.1, 0.15) is 30.5 Å². The third kappa shape index (κ3) is 3.92. The molecule has 4 N–H and O–H groups in total. The van der Waals surface area contributed by atoms with Crippen molar-refractivity contribution in [3.8, 4) is 0 Å². The van der Waals surface area contributed by atoms with Crippen molar-refractivity contribution in [3.05, 3.63) is 23.3 Å². The van der Waals surface area contributed by atoms with Gasteiger partial charge in [0.15, 0.2) is 17.2 Å². The number of rotatable bonds is 4. The summed E-state index contributed by atoms with van der Waals surface area (Å²) in [4.78, 5) is 80.0. The summed E-state index contributed by atoms with van der Waals surface area (Å²) in [6, 6.07) is 0. The minimum absolute atomic E-state index is 0. The van der Waals surface area contributed by atoms with Crippen LogP contribution in [0.4, 0.5) is 0 Å². The minimum Gasteiger partial charge on any atom is -0.462 e. The number of esters is 4. The molecule has 0 aromatic heterocycles. The third-order valence-electron chi connectivity index (χ3n) is 15.5. The number of hydrogen-bond acceptors (Lipinski definition) is 12. The normalized spacial score (nSPS) is 52.2. The molecule has 276 valence electrons. The highest BCUT2D eigenvalue weighted by atomic mass is 16.6. The fourth-order valence-electron chi connectivity index (χ4n) is 14.0. The second-order valence-electron chi connectivity index (χ2n) is 17.3. The van der Waals surface area contributed by atoms with Gasteiger partial charge in [0.2, 0.25) is 0 Å². The van der Waals surface area contributed by atoms with E-state index in [9.17, 15) is 39.0 Å². The van der Waals surface area contributed by atoms with E-state index in [0.29, 0.717) is 31.3 Å². The van der Waals surface area contributed by atoms with Gasteiger partial charge in [-0.3, -0.25) is 24.0 Å². The highest BCUT2D eigenvalue weighted by Crippen LogP contribution is 2.82. The van der Waals surface area contributed by atoms with Gasteiger partial charge in [-0.1, -0.05) is 13.8 Å². The molecule has 6 saturated carbocycles. The predicted molar refractivity (Wildman–Crippen MR) is 172 cm³/mol. The van der Waals surface area contributed by atoms with Crippen LogP contribution in [0.3, 0.4) is 0 Å². The molecule has 13 heteroatoms. The third-order valence-corrected chi connectivity index (χ3v) is 15.5. The topological polar surface area (TPSA) is 211 Å². The lowest BCUT2D eigenvalue weighted by molar-refractivity contribution is -0.248. The first-order valence-corrected chi connectivity index (χ1v) is 18.1. The predicted octanol–water partition coefficient (Wildman–Crippen LogP) is 1.34. The van der Waals surface area contributed by atoms with E-state index < -0.39 is 118 Å². The average Bonchev–Trinajstić information content (AvgIpc) is 3.49. The van der Waals surface area contributed by atoms with Gasteiger partial charge in [0.05, 0.1) is 5.41 Å². The molecule has 0 amide bonds. The van der Waals surface area contributed by atoms with Crippen molar-refractivity contribution >= 4 is 35.4 Å². The summed E-state index contributed by atoms with van der Waals surface area (Å²) in [6.07, 6.45) is 0.912. The number of aliphatic hydroxyl groups is 2. The van der Waals surface area contributed by atoms with E-state index >= 15 is 0 Å². The van der Waals surface area contributed by atoms with Gasteiger partial charge in [-0.15, -0.1) is 0 Å². The molecule has 51 heavy (non-hydrogen) atoms. The molecular formula is C38H46O13. The number of ketones is 2. The van der Waals surface area contributed by atoms with Crippen molar-refractivity contribution in [2.45, 2.75) is 109 Å². The lowest BCUT2D eigenvalue weighted by Crippen LogP contribution is -2.72. The summed E-state index contributed by atoms with van der Waals surface area (Å²) in [5, 5.41) is 24.2. The Morgan fingerprint density at radius 3 is 2.22 bits per heavy atom. The first kappa shape index (κ1) is 34.7. The Labute approximate surface area is 294 Å². The van der Waals surface area contributed by atoms with Gasteiger partial charge in [0, 0.05) is 72.7 Å². The first-order chi connectivity index (χ1) is 23.5. The van der Waals surface area contributed by atoms with Gasteiger partial charge in [0.25, 0.3) is 0 Å². The number of hydrogen-bond donors (Lipinski definition) is 2. The summed E-state index contributed by atoms with van der Waals surface area (Å²) >= 11 is 0. The van der Waals surface area contributed by atoms with E-state index in [4.69, 9.17) is 18.9 Å². The van der Waals surface area contributed by atoms with Gasteiger partial charge < -0.3 is 34.6 Å². The van der Waals surface area contributed by atoms with Gasteiger partial charge in [-0.25, -0.2) is 4.79 Å². The molecule has 1 spiro atoms. The van der Waals surface area contributed by atoms with Gasteiger partial charge in [-0.05, 0) is 68.1 Å². The summed E-state index contributed by atoms with van der Waals surface area (Å²) in [7, 11) is 0. The van der Waals surface area contributed by atoms with Crippen LogP contribution in [0.25, 0.3) is 0 Å². The number of fused-ring (bicyclic) bond motifs is 4. The Balaban J connectivity index is 0.00000374. The summed E-state index contributed by atoms with van der Waals surface area (Å²) < 4.78 is 24.8. The molecule has 17 atom stereocenters. The van der Waals surface area contributed by atoms with Crippen LogP contribution in [0, 0.1) is 63.6 Å². The zero-order valence-corrected chi connectivity index (χ0v) is 29.4. The molecule has 2 heterocycles. The second kappa shape index (κ2) is 10.6. The van der Waals surface area contributed by atoms with Crippen molar-refractivity contribution < 1.29 is 63.4 Å². The molecule has 2 aliphatic heterocycles. The zero-order chi connectivity index (χ0) is 35.6. The largest absolute Gasteiger partial charge is 0.462 e. The van der Waals surface area contributed by atoms with Crippen molar-refractivity contribution in [1.29, 1.82) is 0 Å². The second-order valence-corrected chi connectivity index (χ2v) is 17.3. The molecule has 9 aliphatic rings. The monoisotopic (exact) mass is 710 g/mol. The smallest absolute Gasteiger partial charge is 0.339 e. The zero-order valence-electron chi connectivity index (χ0n) is 29.4. The first-order valence-electron chi connectivity index (χ1n) is 18.1. The van der Waals surface area contributed by atoms with Crippen LogP contribution in [0.2, 0.25) is 0 Å². The molecular weight excluding hydrogens is 664 g/mol. The van der Waals surface area contributed by atoms with Gasteiger partial charge in [-0.2, -0.15) is 0 Å². The van der Waals surface area contributed by atoms with E-state index in [1.165, 1.54) is 20.8 Å². The quantitative estimate of drug-likeness (QED) is 0.313. The Hall–Kier alpha value is -3.42. The standard InChI is InChI=1S/C38H44O12.H2O/c1-14(39)17-9-18(10-17)24-27-25(31(44)30(43)20-7-6-8-21(35(20,27)4)47-15(2)40)28-32(48-16(3)41)29-26-19(12-23(42)50-33(24)36(26,28)5)11-22-37(29)13-38(37,46)34(45)49-22;/h9-10,19-22,24-29,31-33,44,46H,6-8,11-13H2,1-5H3;1H2/t19-,20?,21-,22-,24-,25?,26?,27?,28?,29?,31+,32+,33-,35+,36+,37-,38+;/m0./s1. The molecule has 7 aliphatic carbocycles. The maximum absolute atomic E-state index is 14.6. The van der Waals surface area contributed by atoms with Crippen molar-refractivity contribution in [2.24, 2.45) is 63.6 Å². The lowest BCUT2D eigenvalue weighted by Gasteiger charge is -2.66. The molecule has 0 radical (unpaired) electrons. The Bertz CT molecular complexity index is 1750. The summed E-state index contributed by atoms with van der Waals surface area (Å²) in [6.45, 7) is 8.04. The lowest BCUT2D eigenvalue weighted by atomic mass is 9.38. The number of Topliss-reactive ketones (excluding diaryl/α,β-unsaturated/α-hetero) is 2. The fourth-order valence-corrected chi connectivity index (χ4v) is 14.0. The van der Waals surface area contributed by atoms with E-state index in [0.717, 1.165) is 5.57 Å². The molecule has 13 nitrogen and oxygen atoms in total. The van der Waals surface area contributed by atoms with Crippen molar-refractivity contribution in [3.63, 3.8) is 0 Å². The fraction of sp³-hybridized carbons (Fsp3) is 0.737. The maximum Gasteiger partial charge on any atom is 0.339 e. The Morgan fingerprint density at radius 2 is 1.59 bits per heavy atom. The molecule has 0 aromatic carbocycles. The van der Waals surface area contributed by atoms with Crippen LogP contribution in [0.5, 0.6) is 0 Å². The van der Waals surface area contributed by atoms with Crippen LogP contribution >= 0.6 is 0 Å². The SMILES string of the molecule is CC(=O)O[C@@H]1C2C3C([C@H](C4=CC(C(C)=O)=C4)[C@@H]4OC(=O)C[C@@H]5C[C@@H]6OC(=O)[C@]7(O)C[C@@]67C1C5[C@]24C)[C@]1(C)C(CCC[C@@H]1OC(C)=O)C(=O)[C@@H]3O.O. The molecule has 2 saturated heterocycles. The number of aliphatic hydroxyl groups excluding tert-OH is 1. The molecule has 0 aromatic rings. The minimum atomic E-state index is -1.78. The average molecular weight is 711 g/mol. The number of carbonyl (C=O) groups excluding carboxylic acids is 6. The summed E-state index contributed by atoms with van der Waals surface area (Å²) in [5.74, 6) is -7.66. The van der Waals surface area contributed by atoms with E-state index in [-0.39, 0.29) is 35.8 Å². The van der Waals surface area contributed by atoms with Crippen LogP contribution in [-0.2, 0) is 47.7 Å². The summed E-state index contributed by atoms with van der Waals surface area (Å²) in [5.41, 5.74) is -3.65. The van der Waals surface area contributed by atoms with Crippen LogP contribution < -0.4 is 0 Å². The number of ether oxygens (including phenoxy) is 4. The Kier molecular flexibility index (Phi) is 7.20. The Morgan fingerprint density at radius 1 is 0.902 bits per heavy atom. The molecule has 6 unspecified atom stereocenters. The van der Waals surface area contributed by atoms with E-state index in [1.807, 2.05) is 13.8 Å². The molecule has 9 rings (SSSR count). The highest BCUT2D eigenvalue weighted by molar-refractivity contribution is 5.99. The van der Waals surface area contributed by atoms with Crippen molar-refractivity contribution in [1.82, 2.24) is 0 Å². The van der Waals surface area contributed by atoms with Crippen LogP contribution in [0.15, 0.2) is 23.3 Å². The number of carbonyl (C=O) groups is 6. The molecule has 0 bridgehead atoms. The van der Waals surface area contributed by atoms with Gasteiger partial charge >= 0.3 is 23.9 Å². The molecule has 8 fully saturated rings. The van der Waals surface area contributed by atoms with Crippen molar-refractivity contribution in [2.75, 3.05) is 0 Å². The van der Waals surface area contributed by atoms with E-state index in [2.05, 4.69) is 0 Å². The van der Waals surface area contributed by atoms with E-state index in [1.54, 1.807) is 12.2 Å². The maximum atomic E-state index is 14.6.